The highest BCUT2D eigenvalue weighted by molar-refractivity contribution is 5.79. The van der Waals surface area contributed by atoms with Crippen molar-refractivity contribution in [2.45, 2.75) is 64.3 Å². The first-order valence-corrected chi connectivity index (χ1v) is 13.4. The Bertz CT molecular complexity index is 1050. The summed E-state index contributed by atoms with van der Waals surface area (Å²) in [5.74, 6) is 2.21. The van der Waals surface area contributed by atoms with Crippen molar-refractivity contribution in [1.29, 1.82) is 0 Å². The molecule has 2 aliphatic carbocycles. The molecule has 196 valence electrons. The number of anilines is 2. The van der Waals surface area contributed by atoms with E-state index in [9.17, 15) is 4.79 Å². The number of H-pyrrole nitrogens is 1. The molecule has 0 unspecified atom stereocenters. The van der Waals surface area contributed by atoms with Crippen molar-refractivity contribution in [3.05, 3.63) is 10.6 Å². The fraction of sp³-hybridized carbons (Fsp3) is 0.720. The maximum Gasteiger partial charge on any atom is 0.439 e. The molecule has 0 aromatic carbocycles. The lowest BCUT2D eigenvalue weighted by Gasteiger charge is -2.38. The SMILES string of the molecule is C=Nc1nc(-c2noc(=O)[nH]2)nc(N[C@H](C)C2CCC2)c1N(CC1CCCCC1)CN1CCOCC1. The molecule has 0 spiro atoms. The van der Waals surface area contributed by atoms with Gasteiger partial charge in [-0.3, -0.25) is 14.4 Å². The van der Waals surface area contributed by atoms with E-state index in [1.165, 1.54) is 51.4 Å². The Labute approximate surface area is 211 Å². The Hall–Kier alpha value is -2.79. The zero-order valence-electron chi connectivity index (χ0n) is 21.2. The van der Waals surface area contributed by atoms with Crippen molar-refractivity contribution in [3.8, 4) is 11.6 Å². The first-order chi connectivity index (χ1) is 17.6. The van der Waals surface area contributed by atoms with Gasteiger partial charge < -0.3 is 15.0 Å². The molecule has 2 saturated carbocycles. The van der Waals surface area contributed by atoms with Gasteiger partial charge in [-0.1, -0.05) is 30.8 Å². The van der Waals surface area contributed by atoms with E-state index in [0.29, 0.717) is 23.5 Å². The number of nitrogens with zero attached hydrogens (tertiary/aromatic N) is 6. The van der Waals surface area contributed by atoms with Gasteiger partial charge in [0.15, 0.2) is 11.6 Å². The Kier molecular flexibility index (Phi) is 7.96. The average Bonchev–Trinajstić information content (AvgIpc) is 3.29. The summed E-state index contributed by atoms with van der Waals surface area (Å²) in [4.78, 5) is 32.9. The molecular formula is C25H38N8O3. The predicted molar refractivity (Wildman–Crippen MR) is 139 cm³/mol. The molecule has 3 heterocycles. The summed E-state index contributed by atoms with van der Waals surface area (Å²) in [5.41, 5.74) is 0.864. The molecule has 5 rings (SSSR count). The Morgan fingerprint density at radius 3 is 2.58 bits per heavy atom. The van der Waals surface area contributed by atoms with Crippen LogP contribution in [0.15, 0.2) is 14.3 Å². The molecule has 1 aliphatic heterocycles. The highest BCUT2D eigenvalue weighted by atomic mass is 16.5. The molecule has 2 aromatic heterocycles. The second-order valence-electron chi connectivity index (χ2n) is 10.4. The van der Waals surface area contributed by atoms with E-state index in [1.807, 2.05) is 0 Å². The second kappa shape index (κ2) is 11.5. The van der Waals surface area contributed by atoms with E-state index >= 15 is 0 Å². The van der Waals surface area contributed by atoms with Gasteiger partial charge in [0.05, 0.1) is 19.9 Å². The van der Waals surface area contributed by atoms with Crippen LogP contribution in [-0.2, 0) is 4.74 Å². The molecule has 0 amide bonds. The molecule has 0 radical (unpaired) electrons. The summed E-state index contributed by atoms with van der Waals surface area (Å²) in [7, 11) is 0. The molecule has 3 fully saturated rings. The Morgan fingerprint density at radius 2 is 1.94 bits per heavy atom. The maximum absolute atomic E-state index is 11.6. The number of ether oxygens (including phenoxy) is 1. The maximum atomic E-state index is 11.6. The molecule has 2 N–H and O–H groups in total. The first kappa shape index (κ1) is 24.9. The van der Waals surface area contributed by atoms with E-state index in [-0.39, 0.29) is 17.7 Å². The smallest absolute Gasteiger partial charge is 0.379 e. The van der Waals surface area contributed by atoms with Crippen molar-refractivity contribution in [2.75, 3.05) is 49.7 Å². The standard InChI is InChI=1S/C25H38N8O3/c1-17(19-9-6-10-19)27-22-20(21(26-2)28-23(29-22)24-30-25(34)36-31-24)33(15-18-7-4-3-5-8-18)16-32-11-13-35-14-12-32/h17-19H,2-16H2,1H3,(H,27,28,29)(H,30,31,34)/t17-/m1/s1. The second-order valence-corrected chi connectivity index (χ2v) is 10.4. The Morgan fingerprint density at radius 1 is 1.17 bits per heavy atom. The van der Waals surface area contributed by atoms with Crippen LogP contribution in [0.2, 0.25) is 0 Å². The third kappa shape index (κ3) is 5.78. The van der Waals surface area contributed by atoms with Gasteiger partial charge in [0.2, 0.25) is 11.6 Å². The van der Waals surface area contributed by atoms with Crippen LogP contribution in [-0.4, -0.2) is 77.3 Å². The molecule has 2 aromatic rings. The quantitative estimate of drug-likeness (QED) is 0.474. The topological polar surface area (TPSA) is 125 Å². The number of rotatable bonds is 10. The third-order valence-corrected chi connectivity index (χ3v) is 7.88. The van der Waals surface area contributed by atoms with Gasteiger partial charge in [-0.05, 0) is 51.2 Å². The summed E-state index contributed by atoms with van der Waals surface area (Å²) in [6.45, 7) is 11.0. The van der Waals surface area contributed by atoms with Crippen molar-refractivity contribution in [1.82, 2.24) is 25.0 Å². The van der Waals surface area contributed by atoms with Gasteiger partial charge in [0, 0.05) is 25.7 Å². The minimum atomic E-state index is -0.644. The third-order valence-electron chi connectivity index (χ3n) is 7.88. The van der Waals surface area contributed by atoms with Gasteiger partial charge in [0.25, 0.3) is 0 Å². The van der Waals surface area contributed by atoms with Gasteiger partial charge in [-0.2, -0.15) is 0 Å². The molecule has 0 bridgehead atoms. The molecule has 11 heteroatoms. The summed E-state index contributed by atoms with van der Waals surface area (Å²) in [6, 6.07) is 0.245. The molecule has 1 saturated heterocycles. The van der Waals surface area contributed by atoms with Crippen molar-refractivity contribution >= 4 is 24.0 Å². The summed E-state index contributed by atoms with van der Waals surface area (Å²) in [5, 5.41) is 7.50. The predicted octanol–water partition coefficient (Wildman–Crippen LogP) is 3.43. The lowest BCUT2D eigenvalue weighted by atomic mass is 9.80. The monoisotopic (exact) mass is 498 g/mol. The lowest BCUT2D eigenvalue weighted by molar-refractivity contribution is 0.0375. The number of nitrogens with one attached hydrogen (secondary N) is 2. The van der Waals surface area contributed by atoms with Gasteiger partial charge in [-0.25, -0.2) is 19.8 Å². The normalized spacial score (nSPS) is 20.6. The molecule has 36 heavy (non-hydrogen) atoms. The fourth-order valence-corrected chi connectivity index (χ4v) is 5.54. The molecule has 3 aliphatic rings. The molecule has 1 atom stereocenters. The fourth-order valence-electron chi connectivity index (χ4n) is 5.54. The minimum Gasteiger partial charge on any atom is -0.379 e. The number of aliphatic imine (C=N–C) groups is 1. The van der Waals surface area contributed by atoms with Gasteiger partial charge in [-0.15, -0.1) is 0 Å². The number of aromatic nitrogens is 4. The number of hydrogen-bond donors (Lipinski definition) is 2. The van der Waals surface area contributed by atoms with E-state index < -0.39 is 5.76 Å². The summed E-state index contributed by atoms with van der Waals surface area (Å²) in [6.07, 6.45) is 10.0. The average molecular weight is 499 g/mol. The highest BCUT2D eigenvalue weighted by Gasteiger charge is 2.30. The van der Waals surface area contributed by atoms with Gasteiger partial charge in [0.1, 0.15) is 5.69 Å². The van der Waals surface area contributed by atoms with Crippen molar-refractivity contribution < 1.29 is 9.26 Å². The van der Waals surface area contributed by atoms with Crippen LogP contribution >= 0.6 is 0 Å². The summed E-state index contributed by atoms with van der Waals surface area (Å²) < 4.78 is 10.3. The summed E-state index contributed by atoms with van der Waals surface area (Å²) >= 11 is 0. The van der Waals surface area contributed by atoms with Crippen LogP contribution < -0.4 is 16.0 Å². The van der Waals surface area contributed by atoms with Crippen molar-refractivity contribution in [3.63, 3.8) is 0 Å². The van der Waals surface area contributed by atoms with Crippen LogP contribution in [0, 0.1) is 11.8 Å². The lowest BCUT2D eigenvalue weighted by Crippen LogP contribution is -2.46. The minimum absolute atomic E-state index is 0.183. The Balaban J connectivity index is 1.54. The van der Waals surface area contributed by atoms with Gasteiger partial charge >= 0.3 is 5.76 Å². The first-order valence-electron chi connectivity index (χ1n) is 13.4. The molecule has 11 nitrogen and oxygen atoms in total. The zero-order valence-corrected chi connectivity index (χ0v) is 21.2. The number of hydrogen-bond acceptors (Lipinski definition) is 10. The van der Waals surface area contributed by atoms with E-state index in [0.717, 1.165) is 45.2 Å². The van der Waals surface area contributed by atoms with E-state index in [4.69, 9.17) is 14.2 Å². The molecular weight excluding hydrogens is 460 g/mol. The van der Waals surface area contributed by atoms with Crippen LogP contribution in [0.3, 0.4) is 0 Å². The van der Waals surface area contributed by atoms with Crippen LogP contribution in [0.5, 0.6) is 0 Å². The van der Waals surface area contributed by atoms with E-state index in [1.54, 1.807) is 0 Å². The largest absolute Gasteiger partial charge is 0.439 e. The van der Waals surface area contributed by atoms with Crippen LogP contribution in [0.25, 0.3) is 11.6 Å². The van der Waals surface area contributed by atoms with Crippen LogP contribution in [0.4, 0.5) is 17.3 Å². The van der Waals surface area contributed by atoms with E-state index in [2.05, 4.69) is 48.9 Å². The number of aromatic amines is 1. The van der Waals surface area contributed by atoms with Crippen molar-refractivity contribution in [2.24, 2.45) is 16.8 Å². The highest BCUT2D eigenvalue weighted by Crippen LogP contribution is 2.39. The van der Waals surface area contributed by atoms with Crippen LogP contribution in [0.1, 0.15) is 58.3 Å². The zero-order chi connectivity index (χ0) is 24.9. The number of morpholine rings is 1.